The summed E-state index contributed by atoms with van der Waals surface area (Å²) in [6.45, 7) is 13.3. The van der Waals surface area contributed by atoms with Gasteiger partial charge < -0.3 is 4.90 Å². The maximum Gasteiger partial charge on any atom is 0.324 e. The molecule has 2 atom stereocenters. The molecule has 0 aromatic carbocycles. The van der Waals surface area contributed by atoms with E-state index in [1.165, 1.54) is 0 Å². The van der Waals surface area contributed by atoms with Crippen molar-refractivity contribution in [3.05, 3.63) is 0 Å². The fourth-order valence-electron chi connectivity index (χ4n) is 4.53. The average Bonchev–Trinajstić information content (AvgIpc) is 2.26. The molecule has 0 radical (unpaired) electrons. The molecule has 1 heterocycles. The molecule has 3 amide bonds. The van der Waals surface area contributed by atoms with E-state index >= 15 is 0 Å². The largest absolute Gasteiger partial charge is 0.324 e. The average molecular weight is 252 g/mol. The zero-order chi connectivity index (χ0) is 13.9. The van der Waals surface area contributed by atoms with Gasteiger partial charge in [0.2, 0.25) is 5.91 Å². The minimum atomic E-state index is -0.329. The van der Waals surface area contributed by atoms with Crippen LogP contribution in [0.4, 0.5) is 4.79 Å². The number of rotatable bonds is 2. The second kappa shape index (κ2) is 3.49. The summed E-state index contributed by atoms with van der Waals surface area (Å²) in [4.78, 5) is 26.2. The minimum absolute atomic E-state index is 0.0666. The van der Waals surface area contributed by atoms with Crippen LogP contribution < -0.4 is 5.32 Å². The van der Waals surface area contributed by atoms with E-state index in [9.17, 15) is 9.59 Å². The second-order valence-electron chi connectivity index (χ2n) is 6.60. The van der Waals surface area contributed by atoms with Crippen molar-refractivity contribution in [3.63, 3.8) is 0 Å². The third-order valence-electron chi connectivity index (χ3n) is 5.97. The molecule has 102 valence electrons. The highest BCUT2D eigenvalue weighted by molar-refractivity contribution is 6.01. The van der Waals surface area contributed by atoms with Crippen LogP contribution >= 0.6 is 0 Å². The maximum absolute atomic E-state index is 12.2. The highest BCUT2D eigenvalue weighted by Gasteiger charge is 2.77. The monoisotopic (exact) mass is 252 g/mol. The molecule has 4 nitrogen and oxygen atoms in total. The van der Waals surface area contributed by atoms with Crippen molar-refractivity contribution >= 4 is 11.9 Å². The summed E-state index contributed by atoms with van der Waals surface area (Å²) in [6.07, 6.45) is 0.821. The normalized spacial score (nSPS) is 36.8. The fraction of sp³-hybridized carbons (Fsp3) is 0.857. The fourth-order valence-corrected chi connectivity index (χ4v) is 4.53. The van der Waals surface area contributed by atoms with E-state index in [4.69, 9.17) is 0 Å². The Hall–Kier alpha value is -1.06. The predicted octanol–water partition coefficient (Wildman–Crippen LogP) is 2.39. The molecular formula is C14H24N2O2. The van der Waals surface area contributed by atoms with Crippen molar-refractivity contribution in [1.82, 2.24) is 10.2 Å². The van der Waals surface area contributed by atoms with Crippen LogP contribution in [0.15, 0.2) is 0 Å². The minimum Gasteiger partial charge on any atom is -0.318 e. The van der Waals surface area contributed by atoms with Crippen LogP contribution in [0.3, 0.4) is 0 Å². The van der Waals surface area contributed by atoms with Gasteiger partial charge in [-0.25, -0.2) is 4.79 Å². The van der Waals surface area contributed by atoms with Crippen LogP contribution in [0.2, 0.25) is 0 Å². The lowest BCUT2D eigenvalue weighted by Gasteiger charge is -2.75. The van der Waals surface area contributed by atoms with Crippen molar-refractivity contribution < 1.29 is 9.59 Å². The molecule has 2 aliphatic rings. The summed E-state index contributed by atoms with van der Waals surface area (Å²) in [6, 6.07) is -0.232. The van der Waals surface area contributed by atoms with Crippen molar-refractivity contribution in [2.75, 3.05) is 6.54 Å². The molecule has 18 heavy (non-hydrogen) atoms. The maximum atomic E-state index is 12.2. The summed E-state index contributed by atoms with van der Waals surface area (Å²) in [7, 11) is 0. The first-order valence-electron chi connectivity index (χ1n) is 6.81. The van der Waals surface area contributed by atoms with E-state index < -0.39 is 0 Å². The Morgan fingerprint density at radius 2 is 1.72 bits per heavy atom. The van der Waals surface area contributed by atoms with Crippen LogP contribution in [0.5, 0.6) is 0 Å². The van der Waals surface area contributed by atoms with Crippen molar-refractivity contribution in [1.29, 1.82) is 0 Å². The van der Waals surface area contributed by atoms with Gasteiger partial charge in [-0.1, -0.05) is 34.6 Å². The SMILES string of the molecule is CCN1C(=O)NC(=O)[C@H]2C(C)(C)C(C)(C)[C@]21CC. The molecule has 1 saturated heterocycles. The van der Waals surface area contributed by atoms with Gasteiger partial charge in [-0.15, -0.1) is 0 Å². The number of nitrogens with zero attached hydrogens (tertiary/aromatic N) is 1. The standard InChI is InChI=1S/C14H24N2O2/c1-7-14-9(12(3,4)13(14,5)6)10(17)15-11(18)16(14)8-2/h9H,7-8H2,1-6H3,(H,15,17,18)/t9-,14-/m0/s1. The van der Waals surface area contributed by atoms with Crippen LogP contribution in [0, 0.1) is 16.7 Å². The third-order valence-corrected chi connectivity index (χ3v) is 5.97. The number of urea groups is 1. The van der Waals surface area contributed by atoms with E-state index in [-0.39, 0.29) is 34.2 Å². The molecule has 4 heteroatoms. The van der Waals surface area contributed by atoms with Gasteiger partial charge in [0.15, 0.2) is 0 Å². The van der Waals surface area contributed by atoms with Crippen molar-refractivity contribution in [3.8, 4) is 0 Å². The highest BCUT2D eigenvalue weighted by Crippen LogP contribution is 2.70. The molecule has 0 aromatic rings. The number of hydrogen-bond donors (Lipinski definition) is 1. The summed E-state index contributed by atoms with van der Waals surface area (Å²) >= 11 is 0. The number of hydrogen-bond acceptors (Lipinski definition) is 2. The molecule has 0 spiro atoms. The van der Waals surface area contributed by atoms with E-state index in [0.29, 0.717) is 6.54 Å². The number of amides is 3. The Bertz CT molecular complexity index is 414. The molecule has 0 bridgehead atoms. The number of carbonyl (C=O) groups excluding carboxylic acids is 2. The topological polar surface area (TPSA) is 49.4 Å². The van der Waals surface area contributed by atoms with Gasteiger partial charge >= 0.3 is 6.03 Å². The molecule has 1 aliphatic carbocycles. The van der Waals surface area contributed by atoms with Gasteiger partial charge in [0.1, 0.15) is 0 Å². The Kier molecular flexibility index (Phi) is 2.59. The summed E-state index contributed by atoms with van der Waals surface area (Å²) < 4.78 is 0. The highest BCUT2D eigenvalue weighted by atomic mass is 16.2. The Morgan fingerprint density at radius 3 is 2.17 bits per heavy atom. The summed E-state index contributed by atoms with van der Waals surface area (Å²) in [5.74, 6) is -0.210. The Balaban J connectivity index is 2.59. The molecular weight excluding hydrogens is 228 g/mol. The van der Waals surface area contributed by atoms with Crippen LogP contribution in [-0.4, -0.2) is 28.9 Å². The molecule has 1 saturated carbocycles. The van der Waals surface area contributed by atoms with E-state index in [1.807, 2.05) is 11.8 Å². The van der Waals surface area contributed by atoms with E-state index in [1.54, 1.807) is 0 Å². The quantitative estimate of drug-likeness (QED) is 0.820. The van der Waals surface area contributed by atoms with Gasteiger partial charge in [-0.3, -0.25) is 10.1 Å². The van der Waals surface area contributed by atoms with Crippen LogP contribution in [0.25, 0.3) is 0 Å². The van der Waals surface area contributed by atoms with Gasteiger partial charge in [0.25, 0.3) is 0 Å². The van der Waals surface area contributed by atoms with Gasteiger partial charge in [0.05, 0.1) is 11.5 Å². The zero-order valence-electron chi connectivity index (χ0n) is 12.3. The van der Waals surface area contributed by atoms with Crippen LogP contribution in [0.1, 0.15) is 48.0 Å². The summed E-state index contributed by atoms with van der Waals surface area (Å²) in [5, 5.41) is 2.51. The van der Waals surface area contributed by atoms with E-state index in [2.05, 4.69) is 39.9 Å². The third kappa shape index (κ3) is 1.08. The van der Waals surface area contributed by atoms with Gasteiger partial charge in [-0.05, 0) is 24.2 Å². The van der Waals surface area contributed by atoms with Crippen LogP contribution in [-0.2, 0) is 4.79 Å². The summed E-state index contributed by atoms with van der Waals surface area (Å²) in [5.41, 5.74) is -0.491. The predicted molar refractivity (Wildman–Crippen MR) is 70.0 cm³/mol. The Morgan fingerprint density at radius 1 is 1.17 bits per heavy atom. The first-order valence-corrected chi connectivity index (χ1v) is 6.81. The smallest absolute Gasteiger partial charge is 0.318 e. The lowest BCUT2D eigenvalue weighted by molar-refractivity contribution is -0.244. The number of imide groups is 1. The van der Waals surface area contributed by atoms with Gasteiger partial charge in [0, 0.05) is 6.54 Å². The molecule has 0 aromatic heterocycles. The molecule has 0 unspecified atom stereocenters. The molecule has 1 N–H and O–H groups in total. The first kappa shape index (κ1) is 13.4. The number of nitrogens with one attached hydrogen (secondary N) is 1. The van der Waals surface area contributed by atoms with Crippen molar-refractivity contribution in [2.24, 2.45) is 16.7 Å². The molecule has 2 fully saturated rings. The Labute approximate surface area is 109 Å². The lowest BCUT2D eigenvalue weighted by atomic mass is 9.34. The second-order valence-corrected chi connectivity index (χ2v) is 6.60. The van der Waals surface area contributed by atoms with Crippen molar-refractivity contribution in [2.45, 2.75) is 53.5 Å². The number of fused-ring (bicyclic) bond motifs is 1. The first-order chi connectivity index (χ1) is 8.18. The molecule has 1 aliphatic heterocycles. The zero-order valence-corrected chi connectivity index (χ0v) is 12.3. The molecule has 2 rings (SSSR count). The lowest BCUT2D eigenvalue weighted by Crippen LogP contribution is -2.85. The van der Waals surface area contributed by atoms with Gasteiger partial charge in [-0.2, -0.15) is 0 Å². The van der Waals surface area contributed by atoms with E-state index in [0.717, 1.165) is 6.42 Å². The number of carbonyl (C=O) groups is 2.